The normalized spacial score (nSPS) is 19.2. The Labute approximate surface area is 183 Å². The van der Waals surface area contributed by atoms with Gasteiger partial charge in [-0.05, 0) is 34.8 Å². The van der Waals surface area contributed by atoms with Gasteiger partial charge in [-0.3, -0.25) is 4.99 Å². The molecule has 0 spiro atoms. The van der Waals surface area contributed by atoms with Crippen LogP contribution in [-0.4, -0.2) is 5.71 Å². The molecule has 0 amide bonds. The molecule has 2 aliphatic rings. The summed E-state index contributed by atoms with van der Waals surface area (Å²) in [5.74, 6) is 0.972. The standard InChI is InChI=1S/C28H25NS/c1-19(21-11-5-3-6-12-21)23-15-9-17-25-27(23)29-28-24(16-10-18-26(28)30-25)20(2)22-13-7-4-8-14-22/h3-20,23H,1-2H3. The van der Waals surface area contributed by atoms with Gasteiger partial charge in [0.1, 0.15) is 0 Å². The third kappa shape index (κ3) is 3.46. The second-order valence-electron chi connectivity index (χ2n) is 8.07. The van der Waals surface area contributed by atoms with Crippen molar-refractivity contribution in [3.8, 4) is 0 Å². The van der Waals surface area contributed by atoms with E-state index in [1.54, 1.807) is 0 Å². The van der Waals surface area contributed by atoms with Crippen LogP contribution < -0.4 is 0 Å². The first-order valence-corrected chi connectivity index (χ1v) is 11.4. The molecule has 30 heavy (non-hydrogen) atoms. The molecule has 148 valence electrons. The summed E-state index contributed by atoms with van der Waals surface area (Å²) in [5, 5.41) is 0. The minimum absolute atomic E-state index is 0.285. The average Bonchev–Trinajstić information content (AvgIpc) is 2.82. The molecule has 5 rings (SSSR count). The van der Waals surface area contributed by atoms with E-state index in [9.17, 15) is 0 Å². The maximum Gasteiger partial charge on any atom is 0.0811 e. The Hall–Kier alpha value is -2.84. The number of hydrogen-bond acceptors (Lipinski definition) is 2. The fourth-order valence-corrected chi connectivity index (χ4v) is 5.51. The summed E-state index contributed by atoms with van der Waals surface area (Å²) in [7, 11) is 0. The van der Waals surface area contributed by atoms with Crippen molar-refractivity contribution in [1.29, 1.82) is 0 Å². The van der Waals surface area contributed by atoms with E-state index in [0.29, 0.717) is 11.8 Å². The monoisotopic (exact) mass is 407 g/mol. The van der Waals surface area contributed by atoms with E-state index in [0.717, 1.165) is 5.69 Å². The van der Waals surface area contributed by atoms with E-state index in [2.05, 4.69) is 111 Å². The molecule has 1 aliphatic carbocycles. The maximum atomic E-state index is 5.32. The van der Waals surface area contributed by atoms with Crippen LogP contribution in [0, 0.1) is 5.92 Å². The third-order valence-electron chi connectivity index (χ3n) is 6.25. The van der Waals surface area contributed by atoms with Crippen LogP contribution in [0.2, 0.25) is 0 Å². The predicted molar refractivity (Wildman–Crippen MR) is 129 cm³/mol. The van der Waals surface area contributed by atoms with Crippen molar-refractivity contribution in [3.63, 3.8) is 0 Å². The molecule has 2 heteroatoms. The molecule has 1 heterocycles. The van der Waals surface area contributed by atoms with E-state index in [1.165, 1.54) is 32.2 Å². The number of allylic oxidation sites excluding steroid dienone is 4. The van der Waals surface area contributed by atoms with Gasteiger partial charge in [-0.2, -0.15) is 0 Å². The van der Waals surface area contributed by atoms with Gasteiger partial charge in [0.05, 0.1) is 11.4 Å². The molecule has 0 fully saturated rings. The van der Waals surface area contributed by atoms with Gasteiger partial charge < -0.3 is 0 Å². The van der Waals surface area contributed by atoms with Crippen molar-refractivity contribution in [3.05, 3.63) is 119 Å². The maximum absolute atomic E-state index is 5.32. The van der Waals surface area contributed by atoms with E-state index in [1.807, 2.05) is 11.8 Å². The zero-order valence-corrected chi connectivity index (χ0v) is 18.1. The first kappa shape index (κ1) is 19.1. The van der Waals surface area contributed by atoms with Gasteiger partial charge in [0, 0.05) is 21.6 Å². The topological polar surface area (TPSA) is 12.4 Å². The summed E-state index contributed by atoms with van der Waals surface area (Å²) < 4.78 is 0. The minimum Gasteiger partial charge on any atom is -0.250 e. The van der Waals surface area contributed by atoms with Gasteiger partial charge in [-0.1, -0.05) is 111 Å². The summed E-state index contributed by atoms with van der Waals surface area (Å²) in [5.41, 5.74) is 6.34. The molecule has 0 bridgehead atoms. The van der Waals surface area contributed by atoms with Crippen LogP contribution in [0.1, 0.15) is 42.4 Å². The van der Waals surface area contributed by atoms with Crippen LogP contribution in [0.4, 0.5) is 5.69 Å². The van der Waals surface area contributed by atoms with Gasteiger partial charge in [-0.25, -0.2) is 0 Å². The molecule has 3 aromatic rings. The first-order chi connectivity index (χ1) is 14.7. The Kier molecular flexibility index (Phi) is 5.18. The van der Waals surface area contributed by atoms with E-state index in [4.69, 9.17) is 4.99 Å². The van der Waals surface area contributed by atoms with Crippen molar-refractivity contribution in [1.82, 2.24) is 0 Å². The number of aliphatic imine (C=N–C) groups is 1. The molecule has 0 saturated heterocycles. The summed E-state index contributed by atoms with van der Waals surface area (Å²) in [4.78, 5) is 7.85. The number of para-hydroxylation sites is 1. The van der Waals surface area contributed by atoms with Crippen LogP contribution in [0.5, 0.6) is 0 Å². The van der Waals surface area contributed by atoms with Gasteiger partial charge in [-0.15, -0.1) is 0 Å². The zero-order valence-electron chi connectivity index (χ0n) is 17.3. The van der Waals surface area contributed by atoms with E-state index >= 15 is 0 Å². The number of nitrogens with zero attached hydrogens (tertiary/aromatic N) is 1. The Bertz CT molecular complexity index is 1140. The van der Waals surface area contributed by atoms with Crippen molar-refractivity contribution in [2.45, 2.75) is 30.6 Å². The van der Waals surface area contributed by atoms with Gasteiger partial charge >= 0.3 is 0 Å². The molecule has 3 unspecified atom stereocenters. The zero-order chi connectivity index (χ0) is 20.5. The van der Waals surface area contributed by atoms with E-state index < -0.39 is 0 Å². The molecule has 0 radical (unpaired) electrons. The van der Waals surface area contributed by atoms with Gasteiger partial charge in [0.2, 0.25) is 0 Å². The summed E-state index contributed by atoms with van der Waals surface area (Å²) in [6.45, 7) is 4.60. The summed E-state index contributed by atoms with van der Waals surface area (Å²) in [6, 6.07) is 28.1. The van der Waals surface area contributed by atoms with Gasteiger partial charge in [0.15, 0.2) is 0 Å². The molecular formula is C28H25NS. The highest BCUT2D eigenvalue weighted by atomic mass is 32.2. The van der Waals surface area contributed by atoms with Crippen molar-refractivity contribution >= 4 is 23.2 Å². The Morgan fingerprint density at radius 3 is 2.23 bits per heavy atom. The average molecular weight is 408 g/mol. The second-order valence-corrected chi connectivity index (χ2v) is 9.15. The van der Waals surface area contributed by atoms with Crippen molar-refractivity contribution in [2.24, 2.45) is 10.9 Å². The van der Waals surface area contributed by atoms with Crippen LogP contribution in [0.15, 0.2) is 112 Å². The van der Waals surface area contributed by atoms with Crippen LogP contribution >= 0.6 is 11.8 Å². The number of rotatable bonds is 4. The highest BCUT2D eigenvalue weighted by Crippen LogP contribution is 2.48. The number of hydrogen-bond donors (Lipinski definition) is 0. The quantitative estimate of drug-likeness (QED) is 0.428. The Morgan fingerprint density at radius 2 is 1.50 bits per heavy atom. The molecule has 0 aromatic heterocycles. The molecular weight excluding hydrogens is 382 g/mol. The van der Waals surface area contributed by atoms with Gasteiger partial charge in [0.25, 0.3) is 0 Å². The van der Waals surface area contributed by atoms with Crippen molar-refractivity contribution < 1.29 is 0 Å². The van der Waals surface area contributed by atoms with Crippen molar-refractivity contribution in [2.75, 3.05) is 0 Å². The lowest BCUT2D eigenvalue weighted by atomic mass is 9.82. The molecule has 0 N–H and O–H groups in total. The highest BCUT2D eigenvalue weighted by Gasteiger charge is 2.31. The smallest absolute Gasteiger partial charge is 0.0811 e. The molecule has 1 aliphatic heterocycles. The fourth-order valence-electron chi connectivity index (χ4n) is 4.44. The number of benzene rings is 3. The number of thioether (sulfide) groups is 1. The SMILES string of the molecule is CC(c1ccccc1)c1cccc2c1N=C1C(=CC=CC1C(C)c1ccccc1)S2. The lowest BCUT2D eigenvalue weighted by molar-refractivity contribution is 0.677. The summed E-state index contributed by atoms with van der Waals surface area (Å²) in [6.07, 6.45) is 6.73. The summed E-state index contributed by atoms with van der Waals surface area (Å²) >= 11 is 1.86. The highest BCUT2D eigenvalue weighted by molar-refractivity contribution is 8.04. The Morgan fingerprint density at radius 1 is 0.800 bits per heavy atom. The van der Waals surface area contributed by atoms with Crippen LogP contribution in [-0.2, 0) is 0 Å². The molecule has 3 atom stereocenters. The number of fused-ring (bicyclic) bond motifs is 2. The van der Waals surface area contributed by atoms with Crippen LogP contribution in [0.3, 0.4) is 0 Å². The van der Waals surface area contributed by atoms with E-state index in [-0.39, 0.29) is 5.92 Å². The molecule has 0 saturated carbocycles. The predicted octanol–water partition coefficient (Wildman–Crippen LogP) is 7.89. The largest absolute Gasteiger partial charge is 0.250 e. The molecule has 1 nitrogen and oxygen atoms in total. The van der Waals surface area contributed by atoms with Crippen LogP contribution in [0.25, 0.3) is 0 Å². The fraction of sp³-hybridized carbons (Fsp3) is 0.179. The second kappa shape index (κ2) is 8.12. The molecule has 3 aromatic carbocycles. The minimum atomic E-state index is 0.285. The lowest BCUT2D eigenvalue weighted by Crippen LogP contribution is -2.23. The Balaban J connectivity index is 1.57. The third-order valence-corrected chi connectivity index (χ3v) is 7.36. The lowest BCUT2D eigenvalue weighted by Gasteiger charge is -2.30. The first-order valence-electron chi connectivity index (χ1n) is 10.6.